The van der Waals surface area contributed by atoms with E-state index in [1.54, 1.807) is 35.5 Å². The zero-order valence-electron chi connectivity index (χ0n) is 17.9. The van der Waals surface area contributed by atoms with Crippen LogP contribution in [0.4, 0.5) is 11.4 Å². The molecule has 1 saturated heterocycles. The SMILES string of the molecule is COc1ccccc1CN(Cc1cccs1)C(=O)c1ccc(N2CCCC2)c([N+](=O)[O-])c1. The number of hydrogen-bond acceptors (Lipinski definition) is 6. The van der Waals surface area contributed by atoms with Gasteiger partial charge in [-0.25, -0.2) is 0 Å². The highest BCUT2D eigenvalue weighted by atomic mass is 32.1. The summed E-state index contributed by atoms with van der Waals surface area (Å²) in [6, 6.07) is 16.3. The molecule has 1 aromatic heterocycles. The van der Waals surface area contributed by atoms with Crippen molar-refractivity contribution >= 4 is 28.6 Å². The number of amides is 1. The molecule has 2 aromatic carbocycles. The fourth-order valence-corrected chi connectivity index (χ4v) is 4.76. The van der Waals surface area contributed by atoms with Crippen molar-refractivity contribution in [2.75, 3.05) is 25.1 Å². The predicted octanol–water partition coefficient (Wildman–Crippen LogP) is 5.11. The Hall–Kier alpha value is -3.39. The standard InChI is InChI=1S/C24H25N3O4S/c1-31-23-9-3-2-7-19(23)16-26(17-20-8-6-14-32-20)24(28)18-10-11-21(22(15-18)27(29)30)25-12-4-5-13-25/h2-3,6-11,14-15H,4-5,12-13,16-17H2,1H3. The lowest BCUT2D eigenvalue weighted by molar-refractivity contribution is -0.384. The molecule has 0 bridgehead atoms. The van der Waals surface area contributed by atoms with Crippen LogP contribution in [0.3, 0.4) is 0 Å². The van der Waals surface area contributed by atoms with Crippen molar-refractivity contribution in [3.05, 3.63) is 86.1 Å². The highest BCUT2D eigenvalue weighted by Crippen LogP contribution is 2.32. The number of anilines is 1. The van der Waals surface area contributed by atoms with Crippen LogP contribution in [0, 0.1) is 10.1 Å². The summed E-state index contributed by atoms with van der Waals surface area (Å²) < 4.78 is 5.46. The van der Waals surface area contributed by atoms with Gasteiger partial charge in [-0.05, 0) is 42.5 Å². The predicted molar refractivity (Wildman–Crippen MR) is 125 cm³/mol. The first-order valence-corrected chi connectivity index (χ1v) is 11.4. The third kappa shape index (κ3) is 4.75. The lowest BCUT2D eigenvalue weighted by Gasteiger charge is -2.24. The highest BCUT2D eigenvalue weighted by molar-refractivity contribution is 7.09. The van der Waals surface area contributed by atoms with Crippen LogP contribution >= 0.6 is 11.3 Å². The number of hydrogen-bond donors (Lipinski definition) is 0. The van der Waals surface area contributed by atoms with E-state index in [9.17, 15) is 14.9 Å². The maximum atomic E-state index is 13.5. The van der Waals surface area contributed by atoms with Gasteiger partial charge in [0, 0.05) is 35.2 Å². The summed E-state index contributed by atoms with van der Waals surface area (Å²) in [6.45, 7) is 2.34. The molecule has 1 aliphatic heterocycles. The van der Waals surface area contributed by atoms with Crippen LogP contribution in [0.15, 0.2) is 60.0 Å². The molecule has 0 unspecified atom stereocenters. The van der Waals surface area contributed by atoms with E-state index in [0.29, 0.717) is 30.1 Å². The molecule has 32 heavy (non-hydrogen) atoms. The summed E-state index contributed by atoms with van der Waals surface area (Å²) in [5.41, 5.74) is 1.75. The van der Waals surface area contributed by atoms with Gasteiger partial charge in [0.2, 0.25) is 0 Å². The van der Waals surface area contributed by atoms with Crippen LogP contribution in [0.5, 0.6) is 5.75 Å². The van der Waals surface area contributed by atoms with Crippen LogP contribution in [0.2, 0.25) is 0 Å². The summed E-state index contributed by atoms with van der Waals surface area (Å²) in [5, 5.41) is 13.8. The fraction of sp³-hybridized carbons (Fsp3) is 0.292. The zero-order chi connectivity index (χ0) is 22.5. The Morgan fingerprint density at radius 1 is 1.12 bits per heavy atom. The minimum Gasteiger partial charge on any atom is -0.496 e. The molecule has 4 rings (SSSR count). The molecule has 0 saturated carbocycles. The normalized spacial score (nSPS) is 13.2. The quantitative estimate of drug-likeness (QED) is 0.351. The number of carbonyl (C=O) groups is 1. The minimum atomic E-state index is -0.395. The Morgan fingerprint density at radius 3 is 2.59 bits per heavy atom. The minimum absolute atomic E-state index is 0.0221. The van der Waals surface area contributed by atoms with Gasteiger partial charge in [0.1, 0.15) is 11.4 Å². The summed E-state index contributed by atoms with van der Waals surface area (Å²) in [5.74, 6) is 0.451. The number of methoxy groups -OCH3 is 1. The maximum Gasteiger partial charge on any atom is 0.293 e. The zero-order valence-corrected chi connectivity index (χ0v) is 18.7. The van der Waals surface area contributed by atoms with Crippen LogP contribution in [0.25, 0.3) is 0 Å². The first-order chi connectivity index (χ1) is 15.6. The van der Waals surface area contributed by atoms with Gasteiger partial charge < -0.3 is 14.5 Å². The van der Waals surface area contributed by atoms with E-state index in [-0.39, 0.29) is 11.6 Å². The average molecular weight is 452 g/mol. The van der Waals surface area contributed by atoms with E-state index in [0.717, 1.165) is 36.4 Å². The molecule has 1 fully saturated rings. The molecule has 1 aliphatic rings. The van der Waals surface area contributed by atoms with E-state index in [1.165, 1.54) is 6.07 Å². The molecule has 2 heterocycles. The lowest BCUT2D eigenvalue weighted by Crippen LogP contribution is -2.30. The van der Waals surface area contributed by atoms with Crippen molar-refractivity contribution in [2.45, 2.75) is 25.9 Å². The van der Waals surface area contributed by atoms with Crippen molar-refractivity contribution in [1.82, 2.24) is 4.90 Å². The second kappa shape index (κ2) is 9.82. The fourth-order valence-electron chi connectivity index (χ4n) is 4.04. The second-order valence-corrected chi connectivity index (χ2v) is 8.74. The van der Waals surface area contributed by atoms with Gasteiger partial charge in [0.15, 0.2) is 0 Å². The molecule has 0 aliphatic carbocycles. The van der Waals surface area contributed by atoms with Gasteiger partial charge in [-0.2, -0.15) is 0 Å². The molecule has 3 aromatic rings. The smallest absolute Gasteiger partial charge is 0.293 e. The topological polar surface area (TPSA) is 75.9 Å². The van der Waals surface area contributed by atoms with Crippen molar-refractivity contribution in [3.8, 4) is 5.75 Å². The Labute approximate surface area is 191 Å². The largest absolute Gasteiger partial charge is 0.496 e. The van der Waals surface area contributed by atoms with Gasteiger partial charge in [-0.15, -0.1) is 11.3 Å². The van der Waals surface area contributed by atoms with E-state index in [1.807, 2.05) is 46.7 Å². The molecular formula is C24H25N3O4S. The number of benzene rings is 2. The third-order valence-corrected chi connectivity index (χ3v) is 6.49. The Kier molecular flexibility index (Phi) is 6.70. The molecule has 1 amide bonds. The second-order valence-electron chi connectivity index (χ2n) is 7.71. The van der Waals surface area contributed by atoms with Crippen molar-refractivity contribution in [1.29, 1.82) is 0 Å². The van der Waals surface area contributed by atoms with Gasteiger partial charge >= 0.3 is 0 Å². The Bertz CT molecular complexity index is 1090. The molecule has 0 atom stereocenters. The molecule has 8 heteroatoms. The molecule has 0 N–H and O–H groups in total. The molecule has 7 nitrogen and oxygen atoms in total. The summed E-state index contributed by atoms with van der Waals surface area (Å²) >= 11 is 1.57. The molecular weight excluding hydrogens is 426 g/mol. The van der Waals surface area contributed by atoms with Crippen molar-refractivity contribution in [2.24, 2.45) is 0 Å². The molecule has 0 spiro atoms. The number of nitro groups is 1. The van der Waals surface area contributed by atoms with Crippen molar-refractivity contribution < 1.29 is 14.5 Å². The lowest BCUT2D eigenvalue weighted by atomic mass is 10.1. The number of para-hydroxylation sites is 1. The number of ether oxygens (including phenoxy) is 1. The van der Waals surface area contributed by atoms with Crippen LogP contribution in [-0.2, 0) is 13.1 Å². The van der Waals surface area contributed by atoms with Gasteiger partial charge in [0.05, 0.1) is 25.1 Å². The van der Waals surface area contributed by atoms with Crippen LogP contribution in [-0.4, -0.2) is 35.9 Å². The maximum absolute atomic E-state index is 13.5. The summed E-state index contributed by atoms with van der Waals surface area (Å²) in [4.78, 5) is 29.7. The van der Waals surface area contributed by atoms with Crippen molar-refractivity contribution in [3.63, 3.8) is 0 Å². The Balaban J connectivity index is 1.66. The van der Waals surface area contributed by atoms with E-state index in [4.69, 9.17) is 4.74 Å². The van der Waals surface area contributed by atoms with Crippen LogP contribution < -0.4 is 9.64 Å². The van der Waals surface area contributed by atoms with Gasteiger partial charge in [-0.1, -0.05) is 24.3 Å². The third-order valence-electron chi connectivity index (χ3n) is 5.63. The summed E-state index contributed by atoms with van der Waals surface area (Å²) in [6.07, 6.45) is 2.04. The number of nitro benzene ring substituents is 1. The van der Waals surface area contributed by atoms with E-state index >= 15 is 0 Å². The highest BCUT2D eigenvalue weighted by Gasteiger charge is 2.26. The Morgan fingerprint density at radius 2 is 1.91 bits per heavy atom. The van der Waals surface area contributed by atoms with Crippen LogP contribution in [0.1, 0.15) is 33.6 Å². The first kappa shape index (κ1) is 21.8. The van der Waals surface area contributed by atoms with Gasteiger partial charge in [-0.3, -0.25) is 14.9 Å². The monoisotopic (exact) mass is 451 g/mol. The van der Waals surface area contributed by atoms with E-state index in [2.05, 4.69) is 0 Å². The number of rotatable bonds is 8. The number of thiophene rings is 1. The average Bonchev–Trinajstić information content (AvgIpc) is 3.52. The van der Waals surface area contributed by atoms with Gasteiger partial charge in [0.25, 0.3) is 11.6 Å². The van der Waals surface area contributed by atoms with E-state index < -0.39 is 4.92 Å². The first-order valence-electron chi connectivity index (χ1n) is 10.5. The molecule has 166 valence electrons. The number of carbonyl (C=O) groups excluding carboxylic acids is 1. The molecule has 0 radical (unpaired) electrons. The summed E-state index contributed by atoms with van der Waals surface area (Å²) in [7, 11) is 1.60. The number of nitrogens with zero attached hydrogens (tertiary/aromatic N) is 3.